The molecule has 1 aliphatic heterocycles. The summed E-state index contributed by atoms with van der Waals surface area (Å²) in [6.07, 6.45) is 2.97. The molecule has 1 aliphatic rings. The van der Waals surface area contributed by atoms with Crippen molar-refractivity contribution in [2.75, 3.05) is 44.1 Å². The lowest BCUT2D eigenvalue weighted by atomic mass is 10.1. The van der Waals surface area contributed by atoms with Gasteiger partial charge in [-0.2, -0.15) is 0 Å². The molecule has 2 rings (SSSR count). The highest BCUT2D eigenvalue weighted by Gasteiger charge is 2.19. The van der Waals surface area contributed by atoms with Crippen LogP contribution in [-0.2, 0) is 9.47 Å². The van der Waals surface area contributed by atoms with Crippen molar-refractivity contribution in [2.45, 2.75) is 32.2 Å². The number of urea groups is 1. The maximum absolute atomic E-state index is 12.3. The van der Waals surface area contributed by atoms with Crippen molar-refractivity contribution in [3.05, 3.63) is 23.8 Å². The van der Waals surface area contributed by atoms with Crippen molar-refractivity contribution >= 4 is 23.4 Å². The molecule has 0 unspecified atom stereocenters. The number of amides is 2. The van der Waals surface area contributed by atoms with Crippen molar-refractivity contribution in [1.82, 2.24) is 5.32 Å². The minimum Gasteiger partial charge on any atom is -0.465 e. The van der Waals surface area contributed by atoms with Gasteiger partial charge in [-0.15, -0.1) is 0 Å². The highest BCUT2D eigenvalue weighted by molar-refractivity contribution is 5.97. The van der Waals surface area contributed by atoms with Crippen LogP contribution in [0.1, 0.15) is 36.5 Å². The normalized spacial score (nSPS) is 14.9. The van der Waals surface area contributed by atoms with Crippen LogP contribution in [0.3, 0.4) is 0 Å². The molecule has 1 atom stereocenters. The molecule has 1 heterocycles. The van der Waals surface area contributed by atoms with E-state index in [1.54, 1.807) is 19.2 Å². The Kier molecular flexibility index (Phi) is 7.06. The molecular weight excluding hydrogens is 322 g/mol. The van der Waals surface area contributed by atoms with Crippen molar-refractivity contribution < 1.29 is 19.1 Å². The van der Waals surface area contributed by atoms with Crippen LogP contribution >= 0.6 is 0 Å². The van der Waals surface area contributed by atoms with E-state index in [9.17, 15) is 9.59 Å². The summed E-state index contributed by atoms with van der Waals surface area (Å²) in [5, 5.41) is 5.75. The first-order valence-electron chi connectivity index (χ1n) is 8.59. The SMILES string of the molecule is COCC[C@@H](C)NC(=O)Nc1cc(C(=O)OC)ccc1N1CCCC1. The minimum absolute atomic E-state index is 0.0148. The monoisotopic (exact) mass is 349 g/mol. The second-order valence-corrected chi connectivity index (χ2v) is 6.20. The molecule has 0 aromatic heterocycles. The van der Waals surface area contributed by atoms with Crippen molar-refractivity contribution in [1.29, 1.82) is 0 Å². The molecule has 138 valence electrons. The molecule has 1 saturated heterocycles. The van der Waals surface area contributed by atoms with Gasteiger partial charge in [-0.25, -0.2) is 9.59 Å². The Bertz CT molecular complexity index is 600. The van der Waals surface area contributed by atoms with Crippen LogP contribution in [0.25, 0.3) is 0 Å². The second-order valence-electron chi connectivity index (χ2n) is 6.20. The topological polar surface area (TPSA) is 79.9 Å². The Hall–Kier alpha value is -2.28. The molecule has 0 radical (unpaired) electrons. The first-order chi connectivity index (χ1) is 12.0. The van der Waals surface area contributed by atoms with Crippen molar-refractivity contribution in [3.8, 4) is 0 Å². The Morgan fingerprint density at radius 1 is 1.24 bits per heavy atom. The van der Waals surface area contributed by atoms with E-state index in [2.05, 4.69) is 15.5 Å². The van der Waals surface area contributed by atoms with Gasteiger partial charge in [-0.1, -0.05) is 0 Å². The number of hydrogen-bond donors (Lipinski definition) is 2. The summed E-state index contributed by atoms with van der Waals surface area (Å²) in [7, 11) is 2.97. The predicted octanol–water partition coefficient (Wildman–Crippen LogP) is 2.62. The van der Waals surface area contributed by atoms with Gasteiger partial charge in [-0.3, -0.25) is 0 Å². The fourth-order valence-electron chi connectivity index (χ4n) is 2.86. The summed E-state index contributed by atoms with van der Waals surface area (Å²) < 4.78 is 9.80. The standard InChI is InChI=1S/C18H27N3O4/c1-13(8-11-24-2)19-18(23)20-15-12-14(17(22)25-3)6-7-16(15)21-9-4-5-10-21/h6-7,12-13H,4-5,8-11H2,1-3H3,(H2,19,20,23)/t13-/m1/s1. The van der Waals surface area contributed by atoms with Gasteiger partial charge < -0.3 is 25.0 Å². The zero-order chi connectivity index (χ0) is 18.2. The van der Waals surface area contributed by atoms with Gasteiger partial charge >= 0.3 is 12.0 Å². The maximum Gasteiger partial charge on any atom is 0.337 e. The van der Waals surface area contributed by atoms with Gasteiger partial charge in [0.05, 0.1) is 24.0 Å². The van der Waals surface area contributed by atoms with Gasteiger partial charge in [-0.05, 0) is 44.4 Å². The van der Waals surface area contributed by atoms with E-state index >= 15 is 0 Å². The minimum atomic E-state index is -0.426. The number of ether oxygens (including phenoxy) is 2. The third kappa shape index (κ3) is 5.35. The summed E-state index contributed by atoms with van der Waals surface area (Å²) in [6.45, 7) is 4.39. The van der Waals surface area contributed by atoms with E-state index in [0.717, 1.165) is 38.0 Å². The molecule has 0 bridgehead atoms. The second kappa shape index (κ2) is 9.27. The third-order valence-electron chi connectivity index (χ3n) is 4.25. The van der Waals surface area contributed by atoms with Crippen molar-refractivity contribution in [2.24, 2.45) is 0 Å². The van der Waals surface area contributed by atoms with E-state index in [0.29, 0.717) is 17.9 Å². The number of benzene rings is 1. The third-order valence-corrected chi connectivity index (χ3v) is 4.25. The molecule has 2 amide bonds. The summed E-state index contributed by atoms with van der Waals surface area (Å²) in [4.78, 5) is 26.3. The van der Waals surface area contributed by atoms with E-state index in [-0.39, 0.29) is 12.1 Å². The number of esters is 1. The summed E-state index contributed by atoms with van der Waals surface area (Å²) in [5.41, 5.74) is 1.94. The molecule has 0 spiro atoms. The molecule has 1 fully saturated rings. The maximum atomic E-state index is 12.3. The van der Waals surface area contributed by atoms with Crippen LogP contribution in [-0.4, -0.2) is 52.0 Å². The Balaban J connectivity index is 2.14. The Morgan fingerprint density at radius 2 is 1.96 bits per heavy atom. The molecule has 7 nitrogen and oxygen atoms in total. The van der Waals surface area contributed by atoms with Crippen LogP contribution in [0, 0.1) is 0 Å². The highest BCUT2D eigenvalue weighted by atomic mass is 16.5. The van der Waals surface area contributed by atoms with E-state index in [1.165, 1.54) is 7.11 Å². The number of carbonyl (C=O) groups is 2. The average Bonchev–Trinajstić information content (AvgIpc) is 3.13. The zero-order valence-corrected chi connectivity index (χ0v) is 15.1. The van der Waals surface area contributed by atoms with Gasteiger partial charge in [0, 0.05) is 32.8 Å². The molecule has 7 heteroatoms. The summed E-state index contributed by atoms with van der Waals surface area (Å²) in [5.74, 6) is -0.426. The number of nitrogens with one attached hydrogen (secondary N) is 2. The van der Waals surface area contributed by atoms with Gasteiger partial charge in [0.2, 0.25) is 0 Å². The molecule has 0 aliphatic carbocycles. The number of anilines is 2. The summed E-state index contributed by atoms with van der Waals surface area (Å²) >= 11 is 0. The number of nitrogens with zero attached hydrogens (tertiary/aromatic N) is 1. The predicted molar refractivity (Wildman–Crippen MR) is 97.3 cm³/mol. The molecule has 1 aromatic rings. The molecule has 1 aromatic carbocycles. The fourth-order valence-corrected chi connectivity index (χ4v) is 2.86. The van der Waals surface area contributed by atoms with Gasteiger partial charge in [0.1, 0.15) is 0 Å². The zero-order valence-electron chi connectivity index (χ0n) is 15.1. The lowest BCUT2D eigenvalue weighted by molar-refractivity contribution is 0.0600. The largest absolute Gasteiger partial charge is 0.465 e. The lowest BCUT2D eigenvalue weighted by Gasteiger charge is -2.23. The van der Waals surface area contributed by atoms with E-state index in [4.69, 9.17) is 9.47 Å². The number of rotatable bonds is 7. The Labute approximate surface area is 148 Å². The molecular formula is C18H27N3O4. The smallest absolute Gasteiger partial charge is 0.337 e. The number of methoxy groups -OCH3 is 2. The van der Waals surface area contributed by atoms with Crippen molar-refractivity contribution in [3.63, 3.8) is 0 Å². The van der Waals surface area contributed by atoms with Crippen LogP contribution in [0.15, 0.2) is 18.2 Å². The summed E-state index contributed by atoms with van der Waals surface area (Å²) in [6, 6.07) is 4.94. The van der Waals surface area contributed by atoms with Crippen LogP contribution < -0.4 is 15.5 Å². The van der Waals surface area contributed by atoms with E-state index < -0.39 is 5.97 Å². The first kappa shape index (κ1) is 19.1. The quantitative estimate of drug-likeness (QED) is 0.740. The van der Waals surface area contributed by atoms with Crippen LogP contribution in [0.2, 0.25) is 0 Å². The molecule has 2 N–H and O–H groups in total. The van der Waals surface area contributed by atoms with Crippen LogP contribution in [0.5, 0.6) is 0 Å². The lowest BCUT2D eigenvalue weighted by Crippen LogP contribution is -2.37. The molecule has 0 saturated carbocycles. The number of carbonyl (C=O) groups excluding carboxylic acids is 2. The first-order valence-corrected chi connectivity index (χ1v) is 8.59. The Morgan fingerprint density at radius 3 is 2.60 bits per heavy atom. The average molecular weight is 349 g/mol. The number of hydrogen-bond acceptors (Lipinski definition) is 5. The highest BCUT2D eigenvalue weighted by Crippen LogP contribution is 2.30. The van der Waals surface area contributed by atoms with Crippen LogP contribution in [0.4, 0.5) is 16.2 Å². The fraction of sp³-hybridized carbons (Fsp3) is 0.556. The molecule has 25 heavy (non-hydrogen) atoms. The van der Waals surface area contributed by atoms with Gasteiger partial charge in [0.25, 0.3) is 0 Å². The van der Waals surface area contributed by atoms with E-state index in [1.807, 2.05) is 13.0 Å². The van der Waals surface area contributed by atoms with Gasteiger partial charge in [0.15, 0.2) is 0 Å².